The van der Waals surface area contributed by atoms with Crippen LogP contribution in [-0.4, -0.2) is 49.5 Å². The highest BCUT2D eigenvalue weighted by Crippen LogP contribution is 2.21. The van der Waals surface area contributed by atoms with E-state index in [0.717, 1.165) is 11.3 Å². The molecule has 0 bridgehead atoms. The molecule has 0 aliphatic carbocycles. The Morgan fingerprint density at radius 2 is 2.35 bits per heavy atom. The summed E-state index contributed by atoms with van der Waals surface area (Å²) in [5, 5.41) is 13.3. The summed E-state index contributed by atoms with van der Waals surface area (Å²) >= 11 is 1.14. The molecule has 0 amide bonds. The molecule has 8 heteroatoms. The second kappa shape index (κ2) is 4.73. The number of thiophene rings is 1. The van der Waals surface area contributed by atoms with Crippen LogP contribution in [0, 0.1) is 0 Å². The highest BCUT2D eigenvalue weighted by Gasteiger charge is 2.33. The summed E-state index contributed by atoms with van der Waals surface area (Å²) in [6, 6.07) is 2.35. The number of nitrogens with one attached hydrogen (secondary N) is 1. The number of aliphatic carboxylic acids is 1. The quantitative estimate of drug-likeness (QED) is 0.798. The van der Waals surface area contributed by atoms with Gasteiger partial charge in [0.1, 0.15) is 10.3 Å². The van der Waals surface area contributed by atoms with Crippen LogP contribution < -0.4 is 5.32 Å². The lowest BCUT2D eigenvalue weighted by Gasteiger charge is -2.30. The van der Waals surface area contributed by atoms with Gasteiger partial charge in [-0.3, -0.25) is 4.79 Å². The van der Waals surface area contributed by atoms with Crippen LogP contribution in [0.4, 0.5) is 0 Å². The fraction of sp³-hybridized carbons (Fsp3) is 0.444. The molecule has 1 aromatic rings. The minimum absolute atomic E-state index is 0.0322. The number of hydrogen-bond donors (Lipinski definition) is 2. The number of carboxylic acids is 1. The molecule has 0 spiro atoms. The highest BCUT2D eigenvalue weighted by molar-refractivity contribution is 7.91. The summed E-state index contributed by atoms with van der Waals surface area (Å²) < 4.78 is 25.7. The van der Waals surface area contributed by atoms with Gasteiger partial charge < -0.3 is 10.4 Å². The van der Waals surface area contributed by atoms with Crippen LogP contribution in [0.15, 0.2) is 21.7 Å². The van der Waals surface area contributed by atoms with Crippen molar-refractivity contribution in [1.29, 1.82) is 0 Å². The minimum Gasteiger partial charge on any atom is -0.480 e. The first kappa shape index (κ1) is 12.5. The lowest BCUT2D eigenvalue weighted by molar-refractivity contribution is -0.140. The Labute approximate surface area is 103 Å². The van der Waals surface area contributed by atoms with Crippen molar-refractivity contribution in [3.8, 4) is 0 Å². The van der Waals surface area contributed by atoms with E-state index in [9.17, 15) is 13.2 Å². The second-order valence-electron chi connectivity index (χ2n) is 3.64. The molecule has 1 aliphatic rings. The monoisotopic (exact) mass is 276 g/mol. The number of sulfonamides is 1. The summed E-state index contributed by atoms with van der Waals surface area (Å²) in [4.78, 5) is 10.8. The molecule has 1 fully saturated rings. The maximum absolute atomic E-state index is 12.1. The molecule has 1 atom stereocenters. The zero-order valence-corrected chi connectivity index (χ0v) is 10.5. The van der Waals surface area contributed by atoms with E-state index in [2.05, 4.69) is 5.32 Å². The van der Waals surface area contributed by atoms with E-state index in [1.165, 1.54) is 10.4 Å². The Morgan fingerprint density at radius 3 is 2.94 bits per heavy atom. The van der Waals surface area contributed by atoms with Crippen molar-refractivity contribution >= 4 is 27.3 Å². The normalized spacial score (nSPS) is 22.5. The van der Waals surface area contributed by atoms with Crippen molar-refractivity contribution in [1.82, 2.24) is 9.62 Å². The Bertz CT molecular complexity index is 497. The van der Waals surface area contributed by atoms with Gasteiger partial charge in [0.15, 0.2) is 0 Å². The van der Waals surface area contributed by atoms with Gasteiger partial charge in [0.05, 0.1) is 0 Å². The number of piperazine rings is 1. The summed E-state index contributed by atoms with van der Waals surface area (Å²) in [5.74, 6) is -1.03. The Morgan fingerprint density at radius 1 is 1.59 bits per heavy atom. The smallest absolute Gasteiger partial charge is 0.322 e. The largest absolute Gasteiger partial charge is 0.480 e. The molecule has 0 saturated carbocycles. The van der Waals surface area contributed by atoms with Crippen LogP contribution in [0.5, 0.6) is 0 Å². The molecule has 94 valence electrons. The first-order valence-corrected chi connectivity index (χ1v) is 7.33. The van der Waals surface area contributed by atoms with E-state index in [-0.39, 0.29) is 10.8 Å². The topological polar surface area (TPSA) is 86.7 Å². The van der Waals surface area contributed by atoms with Crippen molar-refractivity contribution < 1.29 is 18.3 Å². The molecule has 2 rings (SSSR count). The molecule has 1 unspecified atom stereocenters. The van der Waals surface area contributed by atoms with Gasteiger partial charge in [-0.05, 0) is 11.4 Å². The van der Waals surface area contributed by atoms with Gasteiger partial charge >= 0.3 is 5.97 Å². The zero-order valence-electron chi connectivity index (χ0n) is 8.87. The fourth-order valence-electron chi connectivity index (χ4n) is 1.64. The molecule has 0 aromatic carbocycles. The molecule has 17 heavy (non-hydrogen) atoms. The van der Waals surface area contributed by atoms with Gasteiger partial charge in [-0.1, -0.05) is 6.07 Å². The number of carboxylic acid groups (broad SMARTS) is 1. The van der Waals surface area contributed by atoms with Gasteiger partial charge in [-0.2, -0.15) is 4.31 Å². The van der Waals surface area contributed by atoms with E-state index >= 15 is 0 Å². The van der Waals surface area contributed by atoms with Crippen molar-refractivity contribution in [3.63, 3.8) is 0 Å². The van der Waals surface area contributed by atoms with Crippen LogP contribution in [0.2, 0.25) is 0 Å². The zero-order chi connectivity index (χ0) is 12.5. The lowest BCUT2D eigenvalue weighted by Crippen LogP contribution is -2.55. The first-order valence-electron chi connectivity index (χ1n) is 5.01. The van der Waals surface area contributed by atoms with E-state index in [4.69, 9.17) is 5.11 Å². The third-order valence-corrected chi connectivity index (χ3v) is 5.76. The third kappa shape index (κ3) is 2.49. The van der Waals surface area contributed by atoms with E-state index in [1.807, 2.05) is 0 Å². The molecular weight excluding hydrogens is 264 g/mol. The predicted octanol–water partition coefficient (Wildman–Crippen LogP) is -0.205. The summed E-state index contributed by atoms with van der Waals surface area (Å²) in [6.07, 6.45) is 0. The lowest BCUT2D eigenvalue weighted by atomic mass is 10.2. The van der Waals surface area contributed by atoms with Gasteiger partial charge in [0.2, 0.25) is 0 Å². The van der Waals surface area contributed by atoms with Crippen molar-refractivity contribution in [2.45, 2.75) is 10.3 Å². The van der Waals surface area contributed by atoms with Gasteiger partial charge in [0.25, 0.3) is 10.0 Å². The molecule has 2 heterocycles. The average Bonchev–Trinajstić information content (AvgIpc) is 2.83. The first-order chi connectivity index (χ1) is 8.01. The number of nitrogens with zero attached hydrogens (tertiary/aromatic N) is 1. The van der Waals surface area contributed by atoms with Gasteiger partial charge in [-0.15, -0.1) is 11.3 Å². The van der Waals surface area contributed by atoms with E-state index < -0.39 is 22.0 Å². The van der Waals surface area contributed by atoms with E-state index in [1.54, 1.807) is 11.4 Å². The Kier molecular flexibility index (Phi) is 3.48. The van der Waals surface area contributed by atoms with Crippen molar-refractivity contribution in [2.24, 2.45) is 0 Å². The van der Waals surface area contributed by atoms with Crippen molar-refractivity contribution in [3.05, 3.63) is 17.5 Å². The van der Waals surface area contributed by atoms with Crippen molar-refractivity contribution in [2.75, 3.05) is 19.6 Å². The summed E-state index contributed by atoms with van der Waals surface area (Å²) in [7, 11) is -3.54. The number of rotatable bonds is 3. The summed E-state index contributed by atoms with van der Waals surface area (Å²) in [5.41, 5.74) is 0. The molecule has 6 nitrogen and oxygen atoms in total. The molecule has 2 N–H and O–H groups in total. The average molecular weight is 276 g/mol. The number of carbonyl (C=O) groups is 1. The standard InChI is InChI=1S/C9H12N2O4S2/c12-9(13)7-6-11(4-3-10-7)17(14,15)8-2-1-5-16-8/h1-2,5,7,10H,3-4,6H2,(H,12,13). The number of hydrogen-bond acceptors (Lipinski definition) is 5. The molecule has 1 aliphatic heterocycles. The predicted molar refractivity (Wildman–Crippen MR) is 62.5 cm³/mol. The molecule has 1 saturated heterocycles. The maximum Gasteiger partial charge on any atom is 0.322 e. The third-order valence-electron chi connectivity index (χ3n) is 2.53. The van der Waals surface area contributed by atoms with Crippen LogP contribution in [-0.2, 0) is 14.8 Å². The minimum atomic E-state index is -3.54. The van der Waals surface area contributed by atoms with Crippen LogP contribution >= 0.6 is 11.3 Å². The van der Waals surface area contributed by atoms with Crippen LogP contribution in [0.3, 0.4) is 0 Å². The Balaban J connectivity index is 2.20. The highest BCUT2D eigenvalue weighted by atomic mass is 32.2. The molecular formula is C9H12N2O4S2. The van der Waals surface area contributed by atoms with Crippen LogP contribution in [0.25, 0.3) is 0 Å². The van der Waals surface area contributed by atoms with Gasteiger partial charge in [-0.25, -0.2) is 8.42 Å². The van der Waals surface area contributed by atoms with E-state index in [0.29, 0.717) is 13.1 Å². The fourth-order valence-corrected chi connectivity index (χ4v) is 4.24. The maximum atomic E-state index is 12.1. The molecule has 0 radical (unpaired) electrons. The second-order valence-corrected chi connectivity index (χ2v) is 6.75. The van der Waals surface area contributed by atoms with Crippen LogP contribution in [0.1, 0.15) is 0 Å². The summed E-state index contributed by atoms with van der Waals surface area (Å²) in [6.45, 7) is 0.612. The molecule has 1 aromatic heterocycles. The Hall–Kier alpha value is -0.960. The van der Waals surface area contributed by atoms with Gasteiger partial charge in [0, 0.05) is 19.6 Å². The SMILES string of the molecule is O=C(O)C1CN(S(=O)(=O)c2cccs2)CCN1.